The van der Waals surface area contributed by atoms with Crippen LogP contribution in [0.2, 0.25) is 0 Å². The molecule has 1 aliphatic carbocycles. The van der Waals surface area contributed by atoms with E-state index in [0.29, 0.717) is 19.4 Å². The number of nitrogens with one attached hydrogen (secondary N) is 2. The normalized spacial score (nSPS) is 18.8. The molecule has 36 heavy (non-hydrogen) atoms. The number of rotatable bonds is 7. The number of anilines is 2. The molecule has 0 bridgehead atoms. The molecule has 0 saturated heterocycles. The molecule has 0 radical (unpaired) electrons. The zero-order chi connectivity index (χ0) is 25.1. The van der Waals surface area contributed by atoms with E-state index < -0.39 is 0 Å². The van der Waals surface area contributed by atoms with Gasteiger partial charge in [0.1, 0.15) is 17.2 Å². The van der Waals surface area contributed by atoms with Crippen LogP contribution in [0.25, 0.3) is 0 Å². The number of Topliss-reactive ketones (excluding diaryl/α,β-unsaturated/α-hetero) is 1. The van der Waals surface area contributed by atoms with Gasteiger partial charge in [0.05, 0.1) is 38.2 Å². The van der Waals surface area contributed by atoms with Gasteiger partial charge in [0.2, 0.25) is 0 Å². The molecule has 2 N–H and O–H groups in total. The van der Waals surface area contributed by atoms with Crippen LogP contribution < -0.4 is 24.8 Å². The number of benzene rings is 3. The smallest absolute Gasteiger partial charge is 0.163 e. The van der Waals surface area contributed by atoms with Gasteiger partial charge in [0.15, 0.2) is 5.78 Å². The summed E-state index contributed by atoms with van der Waals surface area (Å²) < 4.78 is 17.2. The van der Waals surface area contributed by atoms with Gasteiger partial charge in [-0.1, -0.05) is 37.3 Å². The van der Waals surface area contributed by atoms with Crippen molar-refractivity contribution in [3.63, 3.8) is 0 Å². The summed E-state index contributed by atoms with van der Waals surface area (Å²) in [6, 6.07) is 21.5. The molecule has 6 nitrogen and oxygen atoms in total. The summed E-state index contributed by atoms with van der Waals surface area (Å²) in [4.78, 5) is 13.9. The zero-order valence-corrected chi connectivity index (χ0v) is 21.0. The van der Waals surface area contributed by atoms with Crippen LogP contribution >= 0.6 is 0 Å². The van der Waals surface area contributed by atoms with Gasteiger partial charge in [-0.2, -0.15) is 0 Å². The Morgan fingerprint density at radius 2 is 1.64 bits per heavy atom. The first kappa shape index (κ1) is 23.8. The summed E-state index contributed by atoms with van der Waals surface area (Å²) in [5.74, 6) is 2.38. The van der Waals surface area contributed by atoms with Crippen molar-refractivity contribution in [3.8, 4) is 17.2 Å². The van der Waals surface area contributed by atoms with Crippen molar-refractivity contribution >= 4 is 17.2 Å². The van der Waals surface area contributed by atoms with Gasteiger partial charge in [0.25, 0.3) is 0 Å². The van der Waals surface area contributed by atoms with E-state index >= 15 is 0 Å². The molecule has 1 aliphatic heterocycles. The van der Waals surface area contributed by atoms with E-state index in [-0.39, 0.29) is 17.7 Å². The van der Waals surface area contributed by atoms with Crippen LogP contribution in [0.5, 0.6) is 17.2 Å². The molecule has 2 unspecified atom stereocenters. The first-order chi connectivity index (χ1) is 17.6. The molecule has 3 aromatic carbocycles. The van der Waals surface area contributed by atoms with Gasteiger partial charge in [-0.25, -0.2) is 0 Å². The van der Waals surface area contributed by atoms with E-state index in [1.54, 1.807) is 14.2 Å². The summed E-state index contributed by atoms with van der Waals surface area (Å²) in [6.07, 6.45) is 1.97. The van der Waals surface area contributed by atoms with E-state index in [1.807, 2.05) is 66.7 Å². The van der Waals surface area contributed by atoms with Crippen molar-refractivity contribution in [1.82, 2.24) is 0 Å². The third kappa shape index (κ3) is 4.51. The Bertz CT molecular complexity index is 1300. The van der Waals surface area contributed by atoms with Crippen molar-refractivity contribution in [3.05, 3.63) is 89.1 Å². The Morgan fingerprint density at radius 3 is 2.42 bits per heavy atom. The summed E-state index contributed by atoms with van der Waals surface area (Å²) in [5, 5.41) is 7.26. The lowest BCUT2D eigenvalue weighted by atomic mass is 9.78. The van der Waals surface area contributed by atoms with Crippen LogP contribution in [0.1, 0.15) is 49.3 Å². The van der Waals surface area contributed by atoms with Gasteiger partial charge >= 0.3 is 0 Å². The molecule has 0 saturated carbocycles. The number of fused-ring (bicyclic) bond motifs is 1. The quantitative estimate of drug-likeness (QED) is 0.400. The first-order valence-corrected chi connectivity index (χ1v) is 12.4. The maximum atomic E-state index is 13.9. The number of allylic oxidation sites excluding steroid dienone is 1. The number of carbonyl (C=O) groups is 1. The van der Waals surface area contributed by atoms with Crippen LogP contribution in [0.15, 0.2) is 78.0 Å². The predicted octanol–water partition coefficient (Wildman–Crippen LogP) is 6.47. The average molecular weight is 485 g/mol. The van der Waals surface area contributed by atoms with E-state index in [0.717, 1.165) is 57.4 Å². The maximum absolute atomic E-state index is 13.9. The van der Waals surface area contributed by atoms with Crippen LogP contribution in [-0.4, -0.2) is 26.6 Å². The highest BCUT2D eigenvalue weighted by atomic mass is 16.5. The van der Waals surface area contributed by atoms with Gasteiger partial charge in [-0.05, 0) is 49.2 Å². The minimum absolute atomic E-state index is 0.0358. The molecule has 2 atom stereocenters. The van der Waals surface area contributed by atoms with Gasteiger partial charge in [-0.15, -0.1) is 0 Å². The molecule has 3 aromatic rings. The average Bonchev–Trinajstić information content (AvgIpc) is 3.08. The second-order valence-electron chi connectivity index (χ2n) is 9.16. The number of carbonyl (C=O) groups excluding carboxylic acids is 1. The Kier molecular flexibility index (Phi) is 6.85. The van der Waals surface area contributed by atoms with Gasteiger partial charge in [0, 0.05) is 34.7 Å². The monoisotopic (exact) mass is 484 g/mol. The summed E-state index contributed by atoms with van der Waals surface area (Å²) in [5.41, 5.74) is 5.52. The molecule has 0 amide bonds. The summed E-state index contributed by atoms with van der Waals surface area (Å²) in [7, 11) is 3.31. The van der Waals surface area contributed by atoms with Crippen LogP contribution in [0.3, 0.4) is 0 Å². The van der Waals surface area contributed by atoms with E-state index in [9.17, 15) is 4.79 Å². The molecule has 5 rings (SSSR count). The molecular weight excluding hydrogens is 452 g/mol. The van der Waals surface area contributed by atoms with Gasteiger partial charge < -0.3 is 24.8 Å². The second-order valence-corrected chi connectivity index (χ2v) is 9.16. The molecular formula is C30H32N2O4. The standard InChI is InChI=1S/C30H32N2O4/c1-4-15-36-28-12-8-5-9-21(28)30-29-25(31-23-10-6-7-11-24(23)32-30)16-19(17-26(29)33)22-18-20(34-2)13-14-27(22)35-3/h5-14,18-19,30-32H,4,15-17H2,1-3H3. The Balaban J connectivity index is 1.61. The molecule has 0 fully saturated rings. The largest absolute Gasteiger partial charge is 0.497 e. The number of hydrogen-bond donors (Lipinski definition) is 2. The highest BCUT2D eigenvalue weighted by molar-refractivity contribution is 6.01. The Labute approximate surface area is 212 Å². The first-order valence-electron chi connectivity index (χ1n) is 12.4. The zero-order valence-electron chi connectivity index (χ0n) is 21.0. The fourth-order valence-electron chi connectivity index (χ4n) is 5.17. The summed E-state index contributed by atoms with van der Waals surface area (Å²) in [6.45, 7) is 2.71. The highest BCUT2D eigenvalue weighted by Gasteiger charge is 2.37. The van der Waals surface area contributed by atoms with Crippen molar-refractivity contribution < 1.29 is 19.0 Å². The SMILES string of the molecule is CCCOc1ccccc1C1Nc2ccccc2NC2=C1C(=O)CC(c1cc(OC)ccc1OC)C2. The second kappa shape index (κ2) is 10.4. The number of methoxy groups -OCH3 is 2. The predicted molar refractivity (Wildman–Crippen MR) is 142 cm³/mol. The molecule has 186 valence electrons. The lowest BCUT2D eigenvalue weighted by Crippen LogP contribution is -2.27. The molecule has 0 spiro atoms. The Morgan fingerprint density at radius 1 is 0.861 bits per heavy atom. The molecule has 1 heterocycles. The van der Waals surface area contributed by atoms with E-state index in [4.69, 9.17) is 14.2 Å². The van der Waals surface area contributed by atoms with Crippen molar-refractivity contribution in [2.45, 2.75) is 38.1 Å². The van der Waals surface area contributed by atoms with Crippen molar-refractivity contribution in [2.75, 3.05) is 31.5 Å². The molecule has 2 aliphatic rings. The number of hydrogen-bond acceptors (Lipinski definition) is 6. The van der Waals surface area contributed by atoms with Crippen LogP contribution in [-0.2, 0) is 4.79 Å². The lowest BCUT2D eigenvalue weighted by molar-refractivity contribution is -0.116. The van der Waals surface area contributed by atoms with Crippen LogP contribution in [0, 0.1) is 0 Å². The van der Waals surface area contributed by atoms with Gasteiger partial charge in [-0.3, -0.25) is 4.79 Å². The summed E-state index contributed by atoms with van der Waals surface area (Å²) >= 11 is 0. The molecule has 0 aromatic heterocycles. The van der Waals surface area contributed by atoms with Crippen molar-refractivity contribution in [1.29, 1.82) is 0 Å². The fourth-order valence-corrected chi connectivity index (χ4v) is 5.17. The molecule has 6 heteroatoms. The van der Waals surface area contributed by atoms with Crippen molar-refractivity contribution in [2.24, 2.45) is 0 Å². The maximum Gasteiger partial charge on any atom is 0.163 e. The minimum Gasteiger partial charge on any atom is -0.497 e. The minimum atomic E-state index is -0.329. The fraction of sp³-hybridized carbons (Fsp3) is 0.300. The third-order valence-corrected chi connectivity index (χ3v) is 6.88. The lowest BCUT2D eigenvalue weighted by Gasteiger charge is -2.31. The van der Waals surface area contributed by atoms with Crippen LogP contribution in [0.4, 0.5) is 11.4 Å². The highest BCUT2D eigenvalue weighted by Crippen LogP contribution is 2.47. The van der Waals surface area contributed by atoms with E-state index in [2.05, 4.69) is 17.6 Å². The Hall–Kier alpha value is -3.93. The van der Waals surface area contributed by atoms with E-state index in [1.165, 1.54) is 0 Å². The topological polar surface area (TPSA) is 68.8 Å². The third-order valence-electron chi connectivity index (χ3n) is 6.88. The number of ether oxygens (including phenoxy) is 3. The number of ketones is 1. The number of para-hydroxylation sites is 3.